The molecule has 0 fully saturated rings. The van der Waals surface area contributed by atoms with Crippen LogP contribution in [0.2, 0.25) is 5.02 Å². The summed E-state index contributed by atoms with van der Waals surface area (Å²) in [5.74, 6) is -0.172. The molecule has 0 atom stereocenters. The van der Waals surface area contributed by atoms with Gasteiger partial charge in [0.15, 0.2) is 5.78 Å². The summed E-state index contributed by atoms with van der Waals surface area (Å²) in [7, 11) is 0. The van der Waals surface area contributed by atoms with Gasteiger partial charge in [0.1, 0.15) is 0 Å². The molecule has 5 heteroatoms. The van der Waals surface area contributed by atoms with Crippen LogP contribution in [0.5, 0.6) is 0 Å². The smallest absolute Gasteiger partial charge is 0.315 e. The van der Waals surface area contributed by atoms with Gasteiger partial charge in [0, 0.05) is 17.1 Å². The fraction of sp³-hybridized carbons (Fsp3) is 0.273. The Kier molecular flexibility index (Phi) is 4.79. The summed E-state index contributed by atoms with van der Waals surface area (Å²) in [6.07, 6.45) is 0. The first kappa shape index (κ1) is 12.5. The molecule has 0 aliphatic heterocycles. The van der Waals surface area contributed by atoms with Gasteiger partial charge in [-0.2, -0.15) is 0 Å². The molecule has 2 N–H and O–H groups in total. The fourth-order valence-corrected chi connectivity index (χ4v) is 1.34. The summed E-state index contributed by atoms with van der Waals surface area (Å²) in [6.45, 7) is 2.29. The van der Waals surface area contributed by atoms with Crippen LogP contribution in [0.4, 0.5) is 4.79 Å². The largest absolute Gasteiger partial charge is 0.338 e. The number of halogens is 1. The summed E-state index contributed by atoms with van der Waals surface area (Å²) >= 11 is 5.75. The van der Waals surface area contributed by atoms with E-state index in [-0.39, 0.29) is 18.4 Å². The molecule has 86 valence electrons. The molecule has 0 spiro atoms. The number of Topliss-reactive ketones (excluding diaryl/α,β-unsaturated/α-hetero) is 1. The van der Waals surface area contributed by atoms with Crippen molar-refractivity contribution in [2.75, 3.05) is 13.1 Å². The van der Waals surface area contributed by atoms with E-state index in [2.05, 4.69) is 10.6 Å². The Morgan fingerprint density at radius 1 is 1.31 bits per heavy atom. The summed E-state index contributed by atoms with van der Waals surface area (Å²) in [4.78, 5) is 22.6. The lowest BCUT2D eigenvalue weighted by Gasteiger charge is -2.05. The van der Waals surface area contributed by atoms with E-state index in [9.17, 15) is 9.59 Å². The quantitative estimate of drug-likeness (QED) is 0.789. The summed E-state index contributed by atoms with van der Waals surface area (Å²) in [5.41, 5.74) is 0.490. The van der Waals surface area contributed by atoms with Gasteiger partial charge in [-0.05, 0) is 19.1 Å². The van der Waals surface area contributed by atoms with E-state index in [0.717, 1.165) is 0 Å². The molecule has 1 aromatic carbocycles. The van der Waals surface area contributed by atoms with Gasteiger partial charge < -0.3 is 10.6 Å². The highest BCUT2D eigenvalue weighted by Crippen LogP contribution is 2.10. The number of hydrogen-bond donors (Lipinski definition) is 2. The molecular formula is C11H13ClN2O2. The van der Waals surface area contributed by atoms with Crippen LogP contribution in [-0.4, -0.2) is 24.9 Å². The first-order valence-electron chi connectivity index (χ1n) is 4.94. The summed E-state index contributed by atoms with van der Waals surface area (Å²) in [6, 6.07) is 6.27. The molecule has 0 saturated heterocycles. The van der Waals surface area contributed by atoms with E-state index < -0.39 is 0 Å². The first-order valence-corrected chi connectivity index (χ1v) is 5.31. The molecule has 1 rings (SSSR count). The highest BCUT2D eigenvalue weighted by molar-refractivity contribution is 6.31. The van der Waals surface area contributed by atoms with Crippen molar-refractivity contribution in [3.05, 3.63) is 34.9 Å². The number of nitrogens with one attached hydrogen (secondary N) is 2. The minimum atomic E-state index is -0.349. The minimum Gasteiger partial charge on any atom is -0.338 e. The highest BCUT2D eigenvalue weighted by atomic mass is 35.5. The monoisotopic (exact) mass is 240 g/mol. The zero-order valence-corrected chi connectivity index (χ0v) is 9.67. The third kappa shape index (κ3) is 3.90. The normalized spacial score (nSPS) is 9.62. The predicted octanol–water partition coefficient (Wildman–Crippen LogP) is 1.84. The van der Waals surface area contributed by atoms with E-state index >= 15 is 0 Å². The fourth-order valence-electron chi connectivity index (χ4n) is 1.15. The van der Waals surface area contributed by atoms with Crippen LogP contribution < -0.4 is 10.6 Å². The summed E-state index contributed by atoms with van der Waals surface area (Å²) in [5, 5.41) is 5.50. The lowest BCUT2D eigenvalue weighted by molar-refractivity contribution is 0.0992. The minimum absolute atomic E-state index is 0.0355. The van der Waals surface area contributed by atoms with E-state index in [1.54, 1.807) is 31.2 Å². The predicted molar refractivity (Wildman–Crippen MR) is 62.9 cm³/mol. The van der Waals surface area contributed by atoms with Gasteiger partial charge in [-0.25, -0.2) is 4.79 Å². The second kappa shape index (κ2) is 6.12. The maximum atomic E-state index is 11.6. The van der Waals surface area contributed by atoms with Crippen LogP contribution in [0, 0.1) is 0 Å². The van der Waals surface area contributed by atoms with Gasteiger partial charge in [-0.15, -0.1) is 0 Å². The Morgan fingerprint density at radius 3 is 2.69 bits per heavy atom. The van der Waals surface area contributed by atoms with Gasteiger partial charge in [0.2, 0.25) is 0 Å². The third-order valence-corrected chi connectivity index (χ3v) is 2.13. The highest BCUT2D eigenvalue weighted by Gasteiger charge is 2.07. The van der Waals surface area contributed by atoms with Crippen molar-refractivity contribution in [2.24, 2.45) is 0 Å². The maximum Gasteiger partial charge on any atom is 0.315 e. The molecule has 1 aromatic rings. The van der Waals surface area contributed by atoms with Gasteiger partial charge in [0.25, 0.3) is 0 Å². The molecule has 0 aromatic heterocycles. The van der Waals surface area contributed by atoms with Crippen LogP contribution in [0.1, 0.15) is 17.3 Å². The Morgan fingerprint density at radius 2 is 2.06 bits per heavy atom. The van der Waals surface area contributed by atoms with Crippen LogP contribution >= 0.6 is 11.6 Å². The lowest BCUT2D eigenvalue weighted by Crippen LogP contribution is -2.38. The number of ketones is 1. The van der Waals surface area contributed by atoms with Crippen LogP contribution in [0.3, 0.4) is 0 Å². The molecule has 0 saturated carbocycles. The number of carbonyl (C=O) groups is 2. The molecule has 0 bridgehead atoms. The second-order valence-electron chi connectivity index (χ2n) is 3.15. The topological polar surface area (TPSA) is 58.2 Å². The van der Waals surface area contributed by atoms with Crippen molar-refractivity contribution >= 4 is 23.4 Å². The first-order chi connectivity index (χ1) is 7.63. The van der Waals surface area contributed by atoms with E-state index in [4.69, 9.17) is 11.6 Å². The molecule has 16 heavy (non-hydrogen) atoms. The Bertz CT molecular complexity index is 393. The molecule has 2 amide bonds. The number of hydrogen-bond acceptors (Lipinski definition) is 2. The van der Waals surface area contributed by atoms with Gasteiger partial charge in [-0.3, -0.25) is 4.79 Å². The van der Waals surface area contributed by atoms with Crippen LogP contribution in [0.15, 0.2) is 24.3 Å². The zero-order valence-electron chi connectivity index (χ0n) is 8.92. The van der Waals surface area contributed by atoms with Crippen molar-refractivity contribution < 1.29 is 9.59 Å². The second-order valence-corrected chi connectivity index (χ2v) is 3.58. The number of urea groups is 1. The molecule has 0 unspecified atom stereocenters. The zero-order chi connectivity index (χ0) is 12.0. The standard InChI is InChI=1S/C11H13ClN2O2/c1-2-13-11(16)14-7-10(15)8-4-3-5-9(12)6-8/h3-6H,2,7H2,1H3,(H2,13,14,16). The van der Waals surface area contributed by atoms with Crippen molar-refractivity contribution in [1.29, 1.82) is 0 Å². The molecule has 0 aliphatic carbocycles. The van der Waals surface area contributed by atoms with Crippen molar-refractivity contribution in [3.8, 4) is 0 Å². The van der Waals surface area contributed by atoms with Gasteiger partial charge in [0.05, 0.1) is 6.54 Å². The average molecular weight is 241 g/mol. The molecule has 4 nitrogen and oxygen atoms in total. The average Bonchev–Trinajstić information content (AvgIpc) is 2.26. The van der Waals surface area contributed by atoms with Crippen LogP contribution in [0.25, 0.3) is 0 Å². The van der Waals surface area contributed by atoms with Crippen molar-refractivity contribution in [1.82, 2.24) is 10.6 Å². The van der Waals surface area contributed by atoms with Crippen molar-refractivity contribution in [2.45, 2.75) is 6.92 Å². The van der Waals surface area contributed by atoms with E-state index in [1.807, 2.05) is 0 Å². The van der Waals surface area contributed by atoms with E-state index in [1.165, 1.54) is 0 Å². The van der Waals surface area contributed by atoms with Crippen LogP contribution in [-0.2, 0) is 0 Å². The lowest BCUT2D eigenvalue weighted by atomic mass is 10.1. The number of amides is 2. The van der Waals surface area contributed by atoms with Crippen molar-refractivity contribution in [3.63, 3.8) is 0 Å². The van der Waals surface area contributed by atoms with Gasteiger partial charge in [-0.1, -0.05) is 23.7 Å². The molecule has 0 radical (unpaired) electrons. The molecule has 0 heterocycles. The SMILES string of the molecule is CCNC(=O)NCC(=O)c1cccc(Cl)c1. The van der Waals surface area contributed by atoms with E-state index in [0.29, 0.717) is 17.1 Å². The third-order valence-electron chi connectivity index (χ3n) is 1.89. The Balaban J connectivity index is 2.50. The number of carbonyl (C=O) groups excluding carboxylic acids is 2. The molecular weight excluding hydrogens is 228 g/mol. The summed E-state index contributed by atoms with van der Waals surface area (Å²) < 4.78 is 0. The Hall–Kier alpha value is -1.55. The number of benzene rings is 1. The molecule has 0 aliphatic rings. The number of rotatable bonds is 4. The van der Waals surface area contributed by atoms with Gasteiger partial charge >= 0.3 is 6.03 Å². The maximum absolute atomic E-state index is 11.6. The Labute approximate surface area is 99.0 Å².